The predicted octanol–water partition coefficient (Wildman–Crippen LogP) is 5.74. The smallest absolute Gasteiger partial charge is 0.251 e. The van der Waals surface area contributed by atoms with Gasteiger partial charge in [-0.05, 0) is 78.8 Å². The van der Waals surface area contributed by atoms with Crippen molar-refractivity contribution in [3.63, 3.8) is 0 Å². The molecule has 0 unspecified atom stereocenters. The number of hydrogen-bond donors (Lipinski definition) is 1. The molecule has 0 saturated heterocycles. The molecule has 1 aromatic rings. The summed E-state index contributed by atoms with van der Waals surface area (Å²) < 4.78 is 23.5. The normalized spacial score (nSPS) is 12.4. The van der Waals surface area contributed by atoms with Crippen LogP contribution in [-0.4, -0.2) is 21.8 Å². The Morgan fingerprint density at radius 1 is 1.12 bits per heavy atom. The zero-order valence-electron chi connectivity index (χ0n) is 14.4. The van der Waals surface area contributed by atoms with Gasteiger partial charge < -0.3 is 5.32 Å². The fourth-order valence-corrected chi connectivity index (χ4v) is 4.89. The van der Waals surface area contributed by atoms with Crippen molar-refractivity contribution in [3.05, 3.63) is 29.8 Å². The molecule has 1 amide bonds. The van der Waals surface area contributed by atoms with Crippen molar-refractivity contribution < 1.29 is 13.2 Å². The van der Waals surface area contributed by atoms with Crippen LogP contribution in [0.2, 0.25) is 0 Å². The number of halogens is 3. The number of unbranched alkanes of at least 4 members (excludes halogenated alkanes) is 2. The average molecular weight is 562 g/mol. The molecule has 0 saturated carbocycles. The van der Waals surface area contributed by atoms with Gasteiger partial charge in [-0.25, -0.2) is 8.42 Å². The summed E-state index contributed by atoms with van der Waals surface area (Å²) in [6, 6.07) is 6.20. The van der Waals surface area contributed by atoms with Crippen molar-refractivity contribution in [2.45, 2.75) is 64.8 Å². The van der Waals surface area contributed by atoms with Crippen molar-refractivity contribution in [2.24, 2.45) is 0 Å². The van der Waals surface area contributed by atoms with E-state index in [0.717, 1.165) is 38.5 Å². The molecule has 0 radical (unpaired) electrons. The average Bonchev–Trinajstić information content (AvgIpc) is 2.56. The number of nitrogens with one attached hydrogen (secondary N) is 1. The number of hydrogen-bond acceptors (Lipinski definition) is 3. The Labute approximate surface area is 175 Å². The number of carbonyl (C=O) groups is 1. The molecule has 0 heterocycles. The lowest BCUT2D eigenvalue weighted by Gasteiger charge is -2.19. The SMILES string of the molecule is CCCCC(CCCC)NC(=O)c1cccc(S(=O)(=O)C(Br)(Br)Br)c1. The van der Waals surface area contributed by atoms with E-state index >= 15 is 0 Å². The zero-order valence-corrected chi connectivity index (χ0v) is 20.0. The highest BCUT2D eigenvalue weighted by atomic mass is 80.0. The number of rotatable bonds is 9. The van der Waals surface area contributed by atoms with Gasteiger partial charge >= 0.3 is 0 Å². The summed E-state index contributed by atoms with van der Waals surface area (Å²) in [5.41, 5.74) is 0.343. The lowest BCUT2D eigenvalue weighted by molar-refractivity contribution is 0.0931. The highest BCUT2D eigenvalue weighted by molar-refractivity contribution is 9.42. The van der Waals surface area contributed by atoms with Crippen LogP contribution in [0.15, 0.2) is 29.2 Å². The molecule has 0 aromatic heterocycles. The Bertz CT molecular complexity index is 664. The number of carbonyl (C=O) groups excluding carboxylic acids is 1. The maximum Gasteiger partial charge on any atom is 0.251 e. The van der Waals surface area contributed by atoms with Crippen molar-refractivity contribution in [1.82, 2.24) is 5.32 Å². The lowest BCUT2D eigenvalue weighted by atomic mass is 10.0. The zero-order chi connectivity index (χ0) is 19.1. The molecule has 142 valence electrons. The summed E-state index contributed by atoms with van der Waals surface area (Å²) in [5, 5.41) is 3.05. The Hall–Kier alpha value is 0.0800. The van der Waals surface area contributed by atoms with Crippen LogP contribution in [0.5, 0.6) is 0 Å². The van der Waals surface area contributed by atoms with E-state index in [2.05, 4.69) is 67.0 Å². The molecule has 8 heteroatoms. The number of amides is 1. The van der Waals surface area contributed by atoms with Crippen LogP contribution in [0.1, 0.15) is 62.7 Å². The first-order valence-electron chi connectivity index (χ1n) is 8.35. The molecule has 0 fully saturated rings. The van der Waals surface area contributed by atoms with Crippen LogP contribution in [-0.2, 0) is 9.84 Å². The van der Waals surface area contributed by atoms with Crippen molar-refractivity contribution in [2.75, 3.05) is 0 Å². The van der Waals surface area contributed by atoms with Crippen LogP contribution in [0, 0.1) is 0 Å². The van der Waals surface area contributed by atoms with Gasteiger partial charge in [-0.2, -0.15) is 0 Å². The first-order valence-corrected chi connectivity index (χ1v) is 12.2. The minimum Gasteiger partial charge on any atom is -0.349 e. The molecular formula is C17H24Br3NO3S. The maximum atomic E-state index is 12.6. The van der Waals surface area contributed by atoms with Crippen LogP contribution in [0.4, 0.5) is 0 Å². The second kappa shape index (κ2) is 10.4. The van der Waals surface area contributed by atoms with Crippen LogP contribution < -0.4 is 5.32 Å². The van der Waals surface area contributed by atoms with Gasteiger partial charge in [-0.3, -0.25) is 4.79 Å². The summed E-state index contributed by atoms with van der Waals surface area (Å²) >= 11 is 9.12. The van der Waals surface area contributed by atoms with E-state index in [1.165, 1.54) is 12.1 Å². The molecule has 0 aliphatic heterocycles. The summed E-state index contributed by atoms with van der Waals surface area (Å²) in [7, 11) is -3.72. The maximum absolute atomic E-state index is 12.6. The molecule has 0 aliphatic carbocycles. The Morgan fingerprint density at radius 3 is 2.16 bits per heavy atom. The van der Waals surface area contributed by atoms with Gasteiger partial charge in [0.25, 0.3) is 5.91 Å². The minimum absolute atomic E-state index is 0.0597. The number of benzene rings is 1. The van der Waals surface area contributed by atoms with E-state index in [1.54, 1.807) is 12.1 Å². The number of alkyl halides is 3. The standard InChI is InChI=1S/C17H24Br3NO3S/c1-3-5-9-14(10-6-4-2)21-16(22)13-8-7-11-15(12-13)25(23,24)17(18,19)20/h7-8,11-12,14H,3-6,9-10H2,1-2H3,(H,21,22). The van der Waals surface area contributed by atoms with Crippen LogP contribution in [0.25, 0.3) is 0 Å². The van der Waals surface area contributed by atoms with E-state index in [-0.39, 0.29) is 16.8 Å². The summed E-state index contributed by atoms with van der Waals surface area (Å²) in [6.45, 7) is 4.25. The van der Waals surface area contributed by atoms with Crippen LogP contribution in [0.3, 0.4) is 0 Å². The van der Waals surface area contributed by atoms with Gasteiger partial charge in [-0.15, -0.1) is 0 Å². The van der Waals surface area contributed by atoms with Gasteiger partial charge in [-0.1, -0.05) is 45.6 Å². The fourth-order valence-electron chi connectivity index (χ4n) is 2.40. The van der Waals surface area contributed by atoms with E-state index in [0.29, 0.717) is 5.56 Å². The summed E-state index contributed by atoms with van der Waals surface area (Å²) in [5.74, 6) is -0.237. The first-order chi connectivity index (χ1) is 11.6. The minimum atomic E-state index is -3.72. The largest absolute Gasteiger partial charge is 0.349 e. The van der Waals surface area contributed by atoms with Crippen LogP contribution >= 0.6 is 47.8 Å². The molecule has 1 N–H and O–H groups in total. The second-order valence-corrected chi connectivity index (χ2v) is 16.4. The van der Waals surface area contributed by atoms with Gasteiger partial charge in [0.2, 0.25) is 11.3 Å². The van der Waals surface area contributed by atoms with Crippen molar-refractivity contribution in [3.8, 4) is 0 Å². The highest BCUT2D eigenvalue weighted by Gasteiger charge is 2.37. The highest BCUT2D eigenvalue weighted by Crippen LogP contribution is 2.43. The third kappa shape index (κ3) is 6.96. The Balaban J connectivity index is 2.96. The third-order valence-corrected chi connectivity index (χ3v) is 9.18. The molecular weight excluding hydrogens is 538 g/mol. The first kappa shape index (κ1) is 23.1. The van der Waals surface area contributed by atoms with Gasteiger partial charge in [0, 0.05) is 11.6 Å². The van der Waals surface area contributed by atoms with Gasteiger partial charge in [0.15, 0.2) is 0 Å². The van der Waals surface area contributed by atoms with E-state index in [4.69, 9.17) is 0 Å². The Morgan fingerprint density at radius 2 is 1.68 bits per heavy atom. The lowest BCUT2D eigenvalue weighted by Crippen LogP contribution is -2.35. The summed E-state index contributed by atoms with van der Waals surface area (Å²) in [6.07, 6.45) is 6.15. The van der Waals surface area contributed by atoms with Crippen molar-refractivity contribution in [1.29, 1.82) is 0 Å². The molecule has 25 heavy (non-hydrogen) atoms. The molecule has 1 aromatic carbocycles. The van der Waals surface area contributed by atoms with Gasteiger partial charge in [0.05, 0.1) is 4.90 Å². The molecule has 1 rings (SSSR count). The quantitative estimate of drug-likeness (QED) is 0.391. The third-order valence-electron chi connectivity index (χ3n) is 3.86. The van der Waals surface area contributed by atoms with Crippen molar-refractivity contribution >= 4 is 63.5 Å². The molecule has 0 aliphatic rings. The second-order valence-electron chi connectivity index (χ2n) is 5.93. The predicted molar refractivity (Wildman–Crippen MR) is 113 cm³/mol. The number of sulfone groups is 1. The van der Waals surface area contributed by atoms with E-state index in [9.17, 15) is 13.2 Å². The molecule has 4 nitrogen and oxygen atoms in total. The van der Waals surface area contributed by atoms with Gasteiger partial charge in [0.1, 0.15) is 0 Å². The topological polar surface area (TPSA) is 63.2 Å². The van der Waals surface area contributed by atoms with E-state index < -0.39 is 11.3 Å². The molecule has 0 spiro atoms. The molecule has 0 atom stereocenters. The monoisotopic (exact) mass is 559 g/mol. The Kier molecular flexibility index (Phi) is 9.64. The summed E-state index contributed by atoms with van der Waals surface area (Å²) in [4.78, 5) is 12.6. The fraction of sp³-hybridized carbons (Fsp3) is 0.588. The molecule has 0 bridgehead atoms. The van der Waals surface area contributed by atoms with E-state index in [1.807, 2.05) is 0 Å².